The third-order valence-corrected chi connectivity index (χ3v) is 4.98. The van der Waals surface area contributed by atoms with Crippen molar-refractivity contribution in [2.75, 3.05) is 5.75 Å². The zero-order valence-electron chi connectivity index (χ0n) is 9.64. The molecule has 17 heavy (non-hydrogen) atoms. The fourth-order valence-corrected chi connectivity index (χ4v) is 3.09. The van der Waals surface area contributed by atoms with Crippen LogP contribution in [0.1, 0.15) is 18.1 Å². The van der Waals surface area contributed by atoms with Crippen molar-refractivity contribution in [3.63, 3.8) is 0 Å². The van der Waals surface area contributed by atoms with E-state index in [9.17, 15) is 13.2 Å². The first-order valence-corrected chi connectivity index (χ1v) is 7.23. The summed E-state index contributed by atoms with van der Waals surface area (Å²) >= 11 is 0. The van der Waals surface area contributed by atoms with Crippen LogP contribution in [0.2, 0.25) is 0 Å². The Morgan fingerprint density at radius 2 is 2.00 bits per heavy atom. The molecular weight excluding hydrogens is 238 g/mol. The lowest BCUT2D eigenvalue weighted by atomic mass is 10.1. The van der Waals surface area contributed by atoms with Crippen molar-refractivity contribution in [1.82, 2.24) is 0 Å². The smallest absolute Gasteiger partial charge is 0.221 e. The predicted molar refractivity (Wildman–Crippen MR) is 64.3 cm³/mol. The Morgan fingerprint density at radius 1 is 1.35 bits per heavy atom. The van der Waals surface area contributed by atoms with Crippen molar-refractivity contribution in [1.29, 1.82) is 0 Å². The maximum absolute atomic E-state index is 11.7. The van der Waals surface area contributed by atoms with Gasteiger partial charge in [-0.1, -0.05) is 13.0 Å². The highest BCUT2D eigenvalue weighted by molar-refractivity contribution is 7.91. The van der Waals surface area contributed by atoms with Gasteiger partial charge in [0.25, 0.3) is 0 Å². The maximum Gasteiger partial charge on any atom is 0.221 e. The molecule has 0 aliphatic heterocycles. The van der Waals surface area contributed by atoms with Crippen molar-refractivity contribution in [2.45, 2.75) is 24.7 Å². The van der Waals surface area contributed by atoms with Gasteiger partial charge in [0.05, 0.1) is 10.6 Å². The average Bonchev–Trinajstić information content (AvgIpc) is 2.71. The van der Waals surface area contributed by atoms with E-state index in [1.54, 1.807) is 25.1 Å². The van der Waals surface area contributed by atoms with Crippen molar-refractivity contribution < 1.29 is 13.2 Å². The van der Waals surface area contributed by atoms with Gasteiger partial charge in [-0.15, -0.1) is 0 Å². The molecule has 0 heterocycles. The Balaban J connectivity index is 2.37. The molecule has 0 radical (unpaired) electrons. The molecule has 0 fully saturated rings. The molecule has 0 saturated heterocycles. The van der Waals surface area contributed by atoms with E-state index in [0.29, 0.717) is 17.7 Å². The Hall–Kier alpha value is -1.36. The van der Waals surface area contributed by atoms with Gasteiger partial charge in [-0.05, 0) is 36.1 Å². The lowest BCUT2D eigenvalue weighted by molar-refractivity contribution is -0.121. The summed E-state index contributed by atoms with van der Waals surface area (Å²) in [6.45, 7) is 1.62. The van der Waals surface area contributed by atoms with Gasteiger partial charge in [0.15, 0.2) is 9.84 Å². The summed E-state index contributed by atoms with van der Waals surface area (Å²) in [7, 11) is -3.17. The lowest BCUT2D eigenvalue weighted by Gasteiger charge is -2.04. The topological polar surface area (TPSA) is 77.2 Å². The molecule has 1 atom stereocenters. The molecule has 1 aromatic rings. The lowest BCUT2D eigenvalue weighted by Crippen LogP contribution is -2.23. The number of hydrogen-bond donors (Lipinski definition) is 1. The van der Waals surface area contributed by atoms with E-state index in [1.807, 2.05) is 0 Å². The van der Waals surface area contributed by atoms with Crippen molar-refractivity contribution >= 4 is 15.7 Å². The van der Waals surface area contributed by atoms with Crippen LogP contribution in [0.25, 0.3) is 0 Å². The van der Waals surface area contributed by atoms with Crippen LogP contribution in [-0.4, -0.2) is 20.1 Å². The highest BCUT2D eigenvalue weighted by Crippen LogP contribution is 2.28. The van der Waals surface area contributed by atoms with Gasteiger partial charge in [0.2, 0.25) is 5.91 Å². The zero-order valence-corrected chi connectivity index (χ0v) is 10.5. The maximum atomic E-state index is 11.7. The number of sulfone groups is 1. The molecule has 1 aliphatic rings. The van der Waals surface area contributed by atoms with Crippen LogP contribution >= 0.6 is 0 Å². The van der Waals surface area contributed by atoms with Crippen LogP contribution in [0.4, 0.5) is 0 Å². The second kappa shape index (κ2) is 4.14. The number of carbonyl (C=O) groups is 1. The fraction of sp³-hybridized carbons (Fsp3) is 0.417. The van der Waals surface area contributed by atoms with Crippen molar-refractivity contribution in [2.24, 2.45) is 11.7 Å². The average molecular weight is 253 g/mol. The predicted octanol–water partition coefficient (Wildman–Crippen LogP) is 0.680. The summed E-state index contributed by atoms with van der Waals surface area (Å²) in [4.78, 5) is 11.4. The number of benzene rings is 1. The minimum atomic E-state index is -3.17. The molecule has 2 N–H and O–H groups in total. The Morgan fingerprint density at radius 3 is 2.59 bits per heavy atom. The minimum Gasteiger partial charge on any atom is -0.369 e. The van der Waals surface area contributed by atoms with Crippen LogP contribution in [0.3, 0.4) is 0 Å². The van der Waals surface area contributed by atoms with Gasteiger partial charge < -0.3 is 5.73 Å². The quantitative estimate of drug-likeness (QED) is 0.860. The van der Waals surface area contributed by atoms with E-state index in [-0.39, 0.29) is 17.6 Å². The zero-order chi connectivity index (χ0) is 12.6. The molecular formula is C12H15NO3S. The molecule has 1 aromatic carbocycles. The number of fused-ring (bicyclic) bond motifs is 1. The van der Waals surface area contributed by atoms with Gasteiger partial charge in [0, 0.05) is 5.92 Å². The van der Waals surface area contributed by atoms with Crippen LogP contribution < -0.4 is 5.73 Å². The molecule has 1 aliphatic carbocycles. The van der Waals surface area contributed by atoms with Crippen LogP contribution in [0.5, 0.6) is 0 Å². The fourth-order valence-electron chi connectivity index (χ4n) is 2.16. The highest BCUT2D eigenvalue weighted by atomic mass is 32.2. The molecule has 0 bridgehead atoms. The molecule has 0 saturated carbocycles. The third-order valence-electron chi connectivity index (χ3n) is 3.25. The Labute approximate surface area is 101 Å². The standard InChI is InChI=1S/C12H15NO3S/c1-2-17(15,16)11-4-3-8-5-10(12(13)14)6-9(8)7-11/h3-4,7,10H,2,5-6H2,1H3,(H2,13,14). The summed E-state index contributed by atoms with van der Waals surface area (Å²) in [6.07, 6.45) is 1.18. The van der Waals surface area contributed by atoms with Gasteiger partial charge in [-0.3, -0.25) is 4.79 Å². The third kappa shape index (κ3) is 2.20. The SMILES string of the molecule is CCS(=O)(=O)c1ccc2c(c1)CC(C(N)=O)C2. The first-order valence-electron chi connectivity index (χ1n) is 5.58. The molecule has 0 spiro atoms. The second-order valence-corrected chi connectivity index (χ2v) is 6.62. The number of amides is 1. The number of nitrogens with two attached hydrogens (primary N) is 1. The number of carbonyl (C=O) groups excluding carboxylic acids is 1. The summed E-state index contributed by atoms with van der Waals surface area (Å²) in [5.41, 5.74) is 7.23. The molecule has 1 amide bonds. The van der Waals surface area contributed by atoms with Gasteiger partial charge in [-0.25, -0.2) is 8.42 Å². The van der Waals surface area contributed by atoms with Crippen molar-refractivity contribution in [3.8, 4) is 0 Å². The van der Waals surface area contributed by atoms with E-state index in [0.717, 1.165) is 11.1 Å². The van der Waals surface area contributed by atoms with E-state index in [1.165, 1.54) is 0 Å². The second-order valence-electron chi connectivity index (χ2n) is 4.34. The Bertz CT molecular complexity index is 563. The van der Waals surface area contributed by atoms with E-state index in [4.69, 9.17) is 5.73 Å². The van der Waals surface area contributed by atoms with E-state index >= 15 is 0 Å². The van der Waals surface area contributed by atoms with E-state index in [2.05, 4.69) is 0 Å². The Kier molecular flexibility index (Phi) is 2.95. The summed E-state index contributed by atoms with van der Waals surface area (Å²) in [5.74, 6) is -0.420. The van der Waals surface area contributed by atoms with Crippen LogP contribution in [0.15, 0.2) is 23.1 Å². The molecule has 92 valence electrons. The minimum absolute atomic E-state index is 0.0883. The first-order chi connectivity index (χ1) is 7.94. The molecule has 4 nitrogen and oxygen atoms in total. The molecule has 1 unspecified atom stereocenters. The molecule has 5 heteroatoms. The van der Waals surface area contributed by atoms with Crippen molar-refractivity contribution in [3.05, 3.63) is 29.3 Å². The number of rotatable bonds is 3. The summed E-state index contributed by atoms with van der Waals surface area (Å²) in [5, 5.41) is 0. The summed E-state index contributed by atoms with van der Waals surface area (Å²) in [6, 6.07) is 5.08. The van der Waals surface area contributed by atoms with Gasteiger partial charge in [0.1, 0.15) is 0 Å². The van der Waals surface area contributed by atoms with Gasteiger partial charge >= 0.3 is 0 Å². The summed E-state index contributed by atoms with van der Waals surface area (Å²) < 4.78 is 23.4. The molecule has 2 rings (SSSR count). The largest absolute Gasteiger partial charge is 0.369 e. The van der Waals surface area contributed by atoms with E-state index < -0.39 is 9.84 Å². The monoisotopic (exact) mass is 253 g/mol. The van der Waals surface area contributed by atoms with Crippen LogP contribution in [0, 0.1) is 5.92 Å². The van der Waals surface area contributed by atoms with Gasteiger partial charge in [-0.2, -0.15) is 0 Å². The number of primary amides is 1. The van der Waals surface area contributed by atoms with Crippen LogP contribution in [-0.2, 0) is 27.5 Å². The molecule has 0 aromatic heterocycles. The first kappa shape index (κ1) is 12.1. The number of hydrogen-bond acceptors (Lipinski definition) is 3. The normalized spacial score (nSPS) is 19.0. The highest BCUT2D eigenvalue weighted by Gasteiger charge is 2.26.